The van der Waals surface area contributed by atoms with Gasteiger partial charge in [-0.15, -0.1) is 0 Å². The molecule has 4 heteroatoms. The molecule has 1 saturated carbocycles. The number of halogens is 2. The molecule has 122 valence electrons. The van der Waals surface area contributed by atoms with Gasteiger partial charge in [0.05, 0.1) is 13.2 Å². The molecule has 1 fully saturated rings. The molecule has 1 aliphatic rings. The van der Waals surface area contributed by atoms with E-state index in [4.69, 9.17) is 9.47 Å². The average Bonchev–Trinajstić information content (AvgIpc) is 2.53. The minimum Gasteiger partial charge on any atom is -0.491 e. The summed E-state index contributed by atoms with van der Waals surface area (Å²) in [5, 5.41) is 0. The molecule has 1 aromatic rings. The van der Waals surface area contributed by atoms with Gasteiger partial charge in [-0.05, 0) is 63.5 Å². The number of hydrogen-bond acceptors (Lipinski definition) is 2. The fourth-order valence-electron chi connectivity index (χ4n) is 2.92. The molecular formula is C18H24F2O2. The Hall–Kier alpha value is -1.58. The van der Waals surface area contributed by atoms with Crippen molar-refractivity contribution >= 4 is 0 Å². The molecule has 0 aliphatic heterocycles. The monoisotopic (exact) mass is 310 g/mol. The smallest absolute Gasteiger partial charge is 0.204 e. The molecule has 0 amide bonds. The van der Waals surface area contributed by atoms with Crippen molar-refractivity contribution in [2.24, 2.45) is 11.8 Å². The van der Waals surface area contributed by atoms with Gasteiger partial charge in [-0.1, -0.05) is 12.2 Å². The molecular weight excluding hydrogens is 286 g/mol. The molecule has 0 bridgehead atoms. The van der Waals surface area contributed by atoms with Gasteiger partial charge in [0, 0.05) is 0 Å². The molecule has 0 atom stereocenters. The fourth-order valence-corrected chi connectivity index (χ4v) is 2.92. The maximum atomic E-state index is 13.9. The van der Waals surface area contributed by atoms with Gasteiger partial charge in [0.15, 0.2) is 11.5 Å². The molecule has 22 heavy (non-hydrogen) atoms. The minimum atomic E-state index is -0.976. The SMILES string of the molecule is CC=C[C@H]1CC[C@H](COc2ccc(OCC)c(F)c2F)CC1. The summed E-state index contributed by atoms with van der Waals surface area (Å²) in [6, 6.07) is 2.86. The van der Waals surface area contributed by atoms with E-state index >= 15 is 0 Å². The third-order valence-corrected chi connectivity index (χ3v) is 4.14. The third-order valence-electron chi connectivity index (χ3n) is 4.14. The molecule has 0 spiro atoms. The van der Waals surface area contributed by atoms with Gasteiger partial charge < -0.3 is 9.47 Å². The van der Waals surface area contributed by atoms with Gasteiger partial charge >= 0.3 is 0 Å². The van der Waals surface area contributed by atoms with Gasteiger partial charge in [0.2, 0.25) is 11.6 Å². The fraction of sp³-hybridized carbons (Fsp3) is 0.556. The lowest BCUT2D eigenvalue weighted by molar-refractivity contribution is 0.187. The van der Waals surface area contributed by atoms with E-state index in [-0.39, 0.29) is 11.5 Å². The number of ether oxygens (including phenoxy) is 2. The first-order valence-electron chi connectivity index (χ1n) is 8.02. The highest BCUT2D eigenvalue weighted by molar-refractivity contribution is 5.35. The predicted octanol–water partition coefficient (Wildman–Crippen LogP) is 5.12. The molecule has 2 nitrogen and oxygen atoms in total. The zero-order valence-corrected chi connectivity index (χ0v) is 13.3. The molecule has 1 aliphatic carbocycles. The first kappa shape index (κ1) is 16.8. The Balaban J connectivity index is 1.88. The van der Waals surface area contributed by atoms with Crippen LogP contribution in [0.2, 0.25) is 0 Å². The lowest BCUT2D eigenvalue weighted by atomic mass is 9.82. The standard InChI is InChI=1S/C18H24F2O2/c1-3-5-13-6-8-14(9-7-13)12-22-16-11-10-15(21-4-2)17(19)18(16)20/h3,5,10-11,13-14H,4,6-9,12H2,1-2H3/t13-,14-. The van der Waals surface area contributed by atoms with Crippen molar-refractivity contribution in [2.75, 3.05) is 13.2 Å². The van der Waals surface area contributed by atoms with Crippen LogP contribution in [0.3, 0.4) is 0 Å². The van der Waals surface area contributed by atoms with Crippen molar-refractivity contribution in [3.8, 4) is 11.5 Å². The van der Waals surface area contributed by atoms with Crippen LogP contribution in [0, 0.1) is 23.5 Å². The van der Waals surface area contributed by atoms with Crippen LogP contribution in [-0.4, -0.2) is 13.2 Å². The summed E-state index contributed by atoms with van der Waals surface area (Å²) in [5.41, 5.74) is 0. The lowest BCUT2D eigenvalue weighted by Crippen LogP contribution is -2.19. The number of benzene rings is 1. The molecule has 1 aromatic carbocycles. The van der Waals surface area contributed by atoms with Crippen LogP contribution >= 0.6 is 0 Å². The van der Waals surface area contributed by atoms with E-state index < -0.39 is 11.6 Å². The molecule has 0 unspecified atom stereocenters. The van der Waals surface area contributed by atoms with Crippen molar-refractivity contribution in [1.82, 2.24) is 0 Å². The summed E-state index contributed by atoms with van der Waals surface area (Å²) in [7, 11) is 0. The van der Waals surface area contributed by atoms with Crippen LogP contribution in [-0.2, 0) is 0 Å². The second-order valence-corrected chi connectivity index (χ2v) is 5.74. The molecule has 0 aromatic heterocycles. The Labute approximate surface area is 131 Å². The van der Waals surface area contributed by atoms with Gasteiger partial charge in [0.25, 0.3) is 0 Å². The summed E-state index contributed by atoms with van der Waals surface area (Å²) in [4.78, 5) is 0. The Kier molecular flexibility index (Phi) is 6.22. The van der Waals surface area contributed by atoms with E-state index in [1.165, 1.54) is 12.1 Å². The Morgan fingerprint density at radius 1 is 1.05 bits per heavy atom. The second-order valence-electron chi connectivity index (χ2n) is 5.74. The van der Waals surface area contributed by atoms with E-state index in [9.17, 15) is 8.78 Å². The topological polar surface area (TPSA) is 18.5 Å². The Morgan fingerprint density at radius 2 is 1.64 bits per heavy atom. The van der Waals surface area contributed by atoms with Gasteiger partial charge in [0.1, 0.15) is 0 Å². The Morgan fingerprint density at radius 3 is 2.18 bits per heavy atom. The maximum absolute atomic E-state index is 13.9. The first-order valence-corrected chi connectivity index (χ1v) is 8.02. The highest BCUT2D eigenvalue weighted by Crippen LogP contribution is 2.32. The van der Waals surface area contributed by atoms with Gasteiger partial charge in [-0.25, -0.2) is 0 Å². The van der Waals surface area contributed by atoms with Crippen LogP contribution in [0.1, 0.15) is 39.5 Å². The Bertz CT molecular complexity index is 506. The highest BCUT2D eigenvalue weighted by atomic mass is 19.2. The summed E-state index contributed by atoms with van der Waals surface area (Å²) < 4.78 is 38.2. The van der Waals surface area contributed by atoms with Crippen LogP contribution in [0.25, 0.3) is 0 Å². The summed E-state index contributed by atoms with van der Waals surface area (Å²) in [6.07, 6.45) is 8.75. The van der Waals surface area contributed by atoms with Crippen molar-refractivity contribution in [3.63, 3.8) is 0 Å². The number of hydrogen-bond donors (Lipinski definition) is 0. The third kappa shape index (κ3) is 4.21. The van der Waals surface area contributed by atoms with Crippen molar-refractivity contribution < 1.29 is 18.3 Å². The van der Waals surface area contributed by atoms with Crippen LogP contribution < -0.4 is 9.47 Å². The molecule has 0 N–H and O–H groups in total. The van der Waals surface area contributed by atoms with Crippen LogP contribution in [0.15, 0.2) is 24.3 Å². The van der Waals surface area contributed by atoms with E-state index in [2.05, 4.69) is 12.2 Å². The maximum Gasteiger partial charge on any atom is 0.204 e. The molecule has 2 rings (SSSR count). The zero-order chi connectivity index (χ0) is 15.9. The van der Waals surface area contributed by atoms with Crippen molar-refractivity contribution in [3.05, 3.63) is 35.9 Å². The molecule has 0 heterocycles. The first-order chi connectivity index (χ1) is 10.7. The van der Waals surface area contributed by atoms with E-state index in [1.807, 2.05) is 6.92 Å². The molecule has 0 saturated heterocycles. The summed E-state index contributed by atoms with van der Waals surface area (Å²) in [6.45, 7) is 4.50. The highest BCUT2D eigenvalue weighted by Gasteiger charge is 2.21. The zero-order valence-electron chi connectivity index (χ0n) is 13.3. The van der Waals surface area contributed by atoms with Crippen molar-refractivity contribution in [2.45, 2.75) is 39.5 Å². The largest absolute Gasteiger partial charge is 0.491 e. The van der Waals surface area contributed by atoms with Crippen molar-refractivity contribution in [1.29, 1.82) is 0 Å². The predicted molar refractivity (Wildman–Crippen MR) is 83.3 cm³/mol. The van der Waals surface area contributed by atoms with Crippen LogP contribution in [0.5, 0.6) is 11.5 Å². The number of allylic oxidation sites excluding steroid dienone is 2. The van der Waals surface area contributed by atoms with E-state index in [0.717, 1.165) is 25.7 Å². The van der Waals surface area contributed by atoms with Gasteiger partial charge in [-0.2, -0.15) is 8.78 Å². The lowest BCUT2D eigenvalue weighted by Gasteiger charge is -2.26. The minimum absolute atomic E-state index is 0.0310. The second kappa shape index (κ2) is 8.16. The molecule has 0 radical (unpaired) electrons. The average molecular weight is 310 g/mol. The van der Waals surface area contributed by atoms with E-state index in [0.29, 0.717) is 25.0 Å². The van der Waals surface area contributed by atoms with Gasteiger partial charge in [-0.3, -0.25) is 0 Å². The van der Waals surface area contributed by atoms with Crippen LogP contribution in [0.4, 0.5) is 8.78 Å². The number of rotatable bonds is 6. The summed E-state index contributed by atoms with van der Waals surface area (Å²) in [5.74, 6) is -0.975. The summed E-state index contributed by atoms with van der Waals surface area (Å²) >= 11 is 0. The quantitative estimate of drug-likeness (QED) is 0.679. The normalized spacial score (nSPS) is 22.0. The van der Waals surface area contributed by atoms with E-state index in [1.54, 1.807) is 6.92 Å².